The first-order valence-electron chi connectivity index (χ1n) is 4.30. The third kappa shape index (κ3) is 2.21. The van der Waals surface area contributed by atoms with Crippen LogP contribution in [0.4, 0.5) is 0 Å². The van der Waals surface area contributed by atoms with Gasteiger partial charge in [0.25, 0.3) is 0 Å². The molecule has 0 aromatic heterocycles. The van der Waals surface area contributed by atoms with Crippen LogP contribution in [0.1, 0.15) is 34.6 Å². The summed E-state index contributed by atoms with van der Waals surface area (Å²) in [5.74, 6) is 0.0116. The molecular weight excluding hydrogens is 152 g/mol. The molecule has 0 aromatic carbocycles. The minimum absolute atomic E-state index is 0.0116. The van der Waals surface area contributed by atoms with E-state index in [0.717, 1.165) is 0 Å². The average molecular weight is 172 g/mol. The maximum Gasteiger partial charge on any atom is 0.227 e. The Labute approximate surface area is 74.7 Å². The van der Waals surface area contributed by atoms with Crippen LogP contribution in [-0.4, -0.2) is 18.0 Å². The van der Waals surface area contributed by atoms with Crippen LogP contribution >= 0.6 is 0 Å². The number of amides is 1. The van der Waals surface area contributed by atoms with E-state index in [1.807, 2.05) is 34.6 Å². The summed E-state index contributed by atoms with van der Waals surface area (Å²) in [5.41, 5.74) is 4.87. The molecule has 0 bridgehead atoms. The van der Waals surface area contributed by atoms with E-state index in [9.17, 15) is 4.79 Å². The van der Waals surface area contributed by atoms with Gasteiger partial charge in [-0.05, 0) is 34.6 Å². The molecule has 0 aromatic rings. The smallest absolute Gasteiger partial charge is 0.227 e. The zero-order valence-corrected chi connectivity index (χ0v) is 8.69. The van der Waals surface area contributed by atoms with Crippen LogP contribution in [0.25, 0.3) is 0 Å². The molecule has 0 aliphatic heterocycles. The lowest BCUT2D eigenvalue weighted by molar-refractivity contribution is -0.132. The predicted octanol–water partition coefficient (Wildman–Crippen LogP) is 0.886. The highest BCUT2D eigenvalue weighted by atomic mass is 16.2. The van der Waals surface area contributed by atoms with Gasteiger partial charge in [0.1, 0.15) is 0 Å². The van der Waals surface area contributed by atoms with Crippen molar-refractivity contribution < 1.29 is 4.79 Å². The van der Waals surface area contributed by atoms with Gasteiger partial charge < -0.3 is 11.1 Å². The van der Waals surface area contributed by atoms with Gasteiger partial charge in [-0.25, -0.2) is 0 Å². The monoisotopic (exact) mass is 172 g/mol. The first kappa shape index (κ1) is 11.4. The van der Waals surface area contributed by atoms with Crippen LogP contribution in [0.5, 0.6) is 0 Å². The third-order valence-electron chi connectivity index (χ3n) is 2.52. The number of nitrogens with two attached hydrogens (primary N) is 1. The maximum atomic E-state index is 11.5. The molecule has 0 spiro atoms. The highest BCUT2D eigenvalue weighted by Crippen LogP contribution is 2.27. The van der Waals surface area contributed by atoms with E-state index in [1.54, 1.807) is 0 Å². The second-order valence-corrected chi connectivity index (χ2v) is 4.21. The molecule has 3 heteroatoms. The van der Waals surface area contributed by atoms with Crippen molar-refractivity contribution in [3.8, 4) is 0 Å². The Morgan fingerprint density at radius 2 is 1.75 bits per heavy atom. The van der Waals surface area contributed by atoms with Crippen LogP contribution in [0.15, 0.2) is 0 Å². The fourth-order valence-electron chi connectivity index (χ4n) is 0.674. The Hall–Kier alpha value is -0.570. The topological polar surface area (TPSA) is 55.1 Å². The number of hydrogen-bond donors (Lipinski definition) is 2. The van der Waals surface area contributed by atoms with Crippen molar-refractivity contribution in [2.24, 2.45) is 11.1 Å². The molecule has 1 amide bonds. The lowest BCUT2D eigenvalue weighted by atomic mass is 9.74. The van der Waals surface area contributed by atoms with Gasteiger partial charge in [-0.15, -0.1) is 0 Å². The van der Waals surface area contributed by atoms with Crippen molar-refractivity contribution in [3.05, 3.63) is 0 Å². The van der Waals surface area contributed by atoms with E-state index in [4.69, 9.17) is 5.73 Å². The lowest BCUT2D eigenvalue weighted by Gasteiger charge is -2.36. The molecule has 0 rings (SSSR count). The molecule has 3 nitrogen and oxygen atoms in total. The largest absolute Gasteiger partial charge is 0.356 e. The van der Waals surface area contributed by atoms with Crippen molar-refractivity contribution in [2.75, 3.05) is 6.54 Å². The standard InChI is InChI=1S/C9H20N2O/c1-6-11-7(12)8(2,3)9(4,5)10/h6,10H2,1-5H3,(H,11,12). The fourth-order valence-corrected chi connectivity index (χ4v) is 0.674. The fraction of sp³-hybridized carbons (Fsp3) is 0.889. The van der Waals surface area contributed by atoms with E-state index >= 15 is 0 Å². The molecule has 0 saturated heterocycles. The van der Waals surface area contributed by atoms with Crippen LogP contribution < -0.4 is 11.1 Å². The van der Waals surface area contributed by atoms with Crippen LogP contribution in [0.3, 0.4) is 0 Å². The molecule has 12 heavy (non-hydrogen) atoms. The number of carbonyl (C=O) groups excluding carboxylic acids is 1. The van der Waals surface area contributed by atoms with Crippen LogP contribution in [0, 0.1) is 5.41 Å². The van der Waals surface area contributed by atoms with E-state index in [0.29, 0.717) is 6.54 Å². The van der Waals surface area contributed by atoms with Gasteiger partial charge in [0.05, 0.1) is 5.41 Å². The van der Waals surface area contributed by atoms with Crippen molar-refractivity contribution >= 4 is 5.91 Å². The molecule has 0 unspecified atom stereocenters. The Morgan fingerprint density at radius 3 is 2.00 bits per heavy atom. The molecule has 0 heterocycles. The number of hydrogen-bond acceptors (Lipinski definition) is 2. The zero-order chi connectivity index (χ0) is 9.99. The van der Waals surface area contributed by atoms with Gasteiger partial charge >= 0.3 is 0 Å². The number of rotatable bonds is 3. The van der Waals surface area contributed by atoms with E-state index in [1.165, 1.54) is 0 Å². The van der Waals surface area contributed by atoms with Crippen LogP contribution in [-0.2, 0) is 4.79 Å². The summed E-state index contributed by atoms with van der Waals surface area (Å²) < 4.78 is 0. The molecule has 72 valence electrons. The van der Waals surface area contributed by atoms with Crippen LogP contribution in [0.2, 0.25) is 0 Å². The van der Waals surface area contributed by atoms with Gasteiger partial charge in [0.2, 0.25) is 5.91 Å². The van der Waals surface area contributed by atoms with E-state index in [2.05, 4.69) is 5.32 Å². The molecule has 0 atom stereocenters. The Morgan fingerprint density at radius 1 is 1.33 bits per heavy atom. The Bertz CT molecular complexity index is 168. The highest BCUT2D eigenvalue weighted by Gasteiger charge is 2.39. The minimum atomic E-state index is -0.525. The SMILES string of the molecule is CCNC(=O)C(C)(C)C(C)(C)N. The average Bonchev–Trinajstić information content (AvgIpc) is 1.85. The van der Waals surface area contributed by atoms with Gasteiger partial charge in [0, 0.05) is 12.1 Å². The van der Waals surface area contributed by atoms with E-state index in [-0.39, 0.29) is 5.91 Å². The Kier molecular flexibility index (Phi) is 3.27. The summed E-state index contributed by atoms with van der Waals surface area (Å²) in [6, 6.07) is 0. The summed E-state index contributed by atoms with van der Waals surface area (Å²) in [5, 5.41) is 2.77. The predicted molar refractivity (Wildman–Crippen MR) is 50.7 cm³/mol. The Balaban J connectivity index is 4.50. The quantitative estimate of drug-likeness (QED) is 0.664. The molecule has 0 fully saturated rings. The molecule has 3 N–H and O–H groups in total. The second-order valence-electron chi connectivity index (χ2n) is 4.21. The summed E-state index contributed by atoms with van der Waals surface area (Å²) >= 11 is 0. The maximum absolute atomic E-state index is 11.5. The second kappa shape index (κ2) is 3.44. The number of nitrogens with one attached hydrogen (secondary N) is 1. The highest BCUT2D eigenvalue weighted by molar-refractivity contribution is 5.83. The van der Waals surface area contributed by atoms with Crippen molar-refractivity contribution in [2.45, 2.75) is 40.2 Å². The summed E-state index contributed by atoms with van der Waals surface area (Å²) in [6.45, 7) is 10.00. The normalized spacial score (nSPS) is 12.8. The molecule has 0 radical (unpaired) electrons. The lowest BCUT2D eigenvalue weighted by Crippen LogP contribution is -2.55. The molecule has 0 aliphatic rings. The van der Waals surface area contributed by atoms with Crippen molar-refractivity contribution in [1.29, 1.82) is 0 Å². The first-order valence-corrected chi connectivity index (χ1v) is 4.30. The molecule has 0 aliphatic carbocycles. The van der Waals surface area contributed by atoms with Gasteiger partial charge in [-0.1, -0.05) is 0 Å². The van der Waals surface area contributed by atoms with E-state index < -0.39 is 11.0 Å². The van der Waals surface area contributed by atoms with Gasteiger partial charge in [-0.2, -0.15) is 0 Å². The number of carbonyl (C=O) groups is 1. The third-order valence-corrected chi connectivity index (χ3v) is 2.52. The van der Waals surface area contributed by atoms with Crippen molar-refractivity contribution in [1.82, 2.24) is 5.32 Å². The van der Waals surface area contributed by atoms with Gasteiger partial charge in [-0.3, -0.25) is 4.79 Å². The zero-order valence-electron chi connectivity index (χ0n) is 8.69. The van der Waals surface area contributed by atoms with Crippen molar-refractivity contribution in [3.63, 3.8) is 0 Å². The summed E-state index contributed by atoms with van der Waals surface area (Å²) in [6.07, 6.45) is 0. The van der Waals surface area contributed by atoms with Gasteiger partial charge in [0.15, 0.2) is 0 Å². The molecular formula is C9H20N2O. The summed E-state index contributed by atoms with van der Waals surface area (Å²) in [4.78, 5) is 11.5. The minimum Gasteiger partial charge on any atom is -0.356 e. The molecule has 0 saturated carbocycles. The summed E-state index contributed by atoms with van der Waals surface area (Å²) in [7, 11) is 0. The first-order chi connectivity index (χ1) is 5.23.